The minimum absolute atomic E-state index is 0.109. The third kappa shape index (κ3) is 4.66. The van der Waals surface area contributed by atoms with Crippen molar-refractivity contribution in [1.82, 2.24) is 9.88 Å². The zero-order valence-corrected chi connectivity index (χ0v) is 13.0. The average Bonchev–Trinajstić information content (AvgIpc) is 2.52. The van der Waals surface area contributed by atoms with Crippen molar-refractivity contribution >= 4 is 0 Å². The Kier molecular flexibility index (Phi) is 5.90. The molecule has 2 N–H and O–H groups in total. The minimum atomic E-state index is 0.109. The predicted octanol–water partition coefficient (Wildman–Crippen LogP) is 3.30. The summed E-state index contributed by atoms with van der Waals surface area (Å²) in [5.41, 5.74) is 10.2. The highest BCUT2D eigenvalue weighted by Crippen LogP contribution is 2.18. The van der Waals surface area contributed by atoms with Crippen LogP contribution in [0, 0.1) is 6.92 Å². The number of pyridine rings is 1. The molecule has 1 aromatic carbocycles. The van der Waals surface area contributed by atoms with Gasteiger partial charge in [0.15, 0.2) is 0 Å². The summed E-state index contributed by atoms with van der Waals surface area (Å²) in [7, 11) is 0. The standard InChI is InChI=1S/C18H25N3/c1-3-21(14-16-8-11-20-12-9-16)13-10-18(19)17-7-5-4-6-15(17)2/h4-9,11-12,18H,3,10,13-14,19H2,1-2H3. The lowest BCUT2D eigenvalue weighted by molar-refractivity contribution is 0.268. The second-order valence-electron chi connectivity index (χ2n) is 5.48. The molecule has 2 rings (SSSR count). The highest BCUT2D eigenvalue weighted by atomic mass is 15.1. The van der Waals surface area contributed by atoms with E-state index in [1.54, 1.807) is 0 Å². The number of aryl methyl sites for hydroxylation is 1. The summed E-state index contributed by atoms with van der Waals surface area (Å²) >= 11 is 0. The number of hydrogen-bond donors (Lipinski definition) is 1. The van der Waals surface area contributed by atoms with Crippen molar-refractivity contribution in [3.63, 3.8) is 0 Å². The Labute approximate surface area is 127 Å². The van der Waals surface area contributed by atoms with Crippen LogP contribution in [0.3, 0.4) is 0 Å². The minimum Gasteiger partial charge on any atom is -0.324 e. The molecule has 0 bridgehead atoms. The monoisotopic (exact) mass is 283 g/mol. The number of rotatable bonds is 7. The number of nitrogens with two attached hydrogens (primary N) is 1. The van der Waals surface area contributed by atoms with Crippen LogP contribution in [0.1, 0.15) is 36.1 Å². The molecule has 0 radical (unpaired) electrons. The van der Waals surface area contributed by atoms with Crippen LogP contribution < -0.4 is 5.73 Å². The maximum absolute atomic E-state index is 6.36. The predicted molar refractivity (Wildman–Crippen MR) is 87.9 cm³/mol. The average molecular weight is 283 g/mol. The summed E-state index contributed by atoms with van der Waals surface area (Å²) < 4.78 is 0. The van der Waals surface area contributed by atoms with E-state index in [1.165, 1.54) is 16.7 Å². The second-order valence-corrected chi connectivity index (χ2v) is 5.48. The Morgan fingerprint density at radius 2 is 1.86 bits per heavy atom. The zero-order valence-electron chi connectivity index (χ0n) is 13.0. The first kappa shape index (κ1) is 15.7. The summed E-state index contributed by atoms with van der Waals surface area (Å²) in [6, 6.07) is 12.7. The van der Waals surface area contributed by atoms with Gasteiger partial charge in [0.25, 0.3) is 0 Å². The van der Waals surface area contributed by atoms with Gasteiger partial charge in [-0.3, -0.25) is 9.88 Å². The number of nitrogens with zero attached hydrogens (tertiary/aromatic N) is 2. The molecule has 112 valence electrons. The molecule has 0 amide bonds. The molecular weight excluding hydrogens is 258 g/mol. The van der Waals surface area contributed by atoms with Crippen molar-refractivity contribution in [3.8, 4) is 0 Å². The Bertz CT molecular complexity index is 539. The lowest BCUT2D eigenvalue weighted by atomic mass is 9.99. The molecule has 2 aromatic rings. The van der Waals surface area contributed by atoms with E-state index < -0.39 is 0 Å². The van der Waals surface area contributed by atoms with Crippen LogP contribution in [0.15, 0.2) is 48.8 Å². The molecule has 0 saturated heterocycles. The molecule has 3 heteroatoms. The van der Waals surface area contributed by atoms with E-state index in [1.807, 2.05) is 12.4 Å². The number of benzene rings is 1. The van der Waals surface area contributed by atoms with E-state index in [0.29, 0.717) is 0 Å². The third-order valence-electron chi connectivity index (χ3n) is 3.95. The Hall–Kier alpha value is -1.71. The molecule has 0 aliphatic rings. The van der Waals surface area contributed by atoms with Gasteiger partial charge in [0.1, 0.15) is 0 Å². The summed E-state index contributed by atoms with van der Waals surface area (Å²) in [5, 5.41) is 0. The fraction of sp³-hybridized carbons (Fsp3) is 0.389. The van der Waals surface area contributed by atoms with Crippen LogP contribution in [-0.4, -0.2) is 23.0 Å². The Morgan fingerprint density at radius 3 is 2.52 bits per heavy atom. The van der Waals surface area contributed by atoms with E-state index in [4.69, 9.17) is 5.73 Å². The van der Waals surface area contributed by atoms with Crippen molar-refractivity contribution in [2.24, 2.45) is 5.73 Å². The van der Waals surface area contributed by atoms with Gasteiger partial charge >= 0.3 is 0 Å². The molecule has 1 aromatic heterocycles. The molecular formula is C18H25N3. The molecule has 0 aliphatic carbocycles. The van der Waals surface area contributed by atoms with Crippen molar-refractivity contribution in [2.45, 2.75) is 32.9 Å². The largest absolute Gasteiger partial charge is 0.324 e. The van der Waals surface area contributed by atoms with E-state index in [-0.39, 0.29) is 6.04 Å². The molecule has 3 nitrogen and oxygen atoms in total. The van der Waals surface area contributed by atoms with Crippen LogP contribution in [0.2, 0.25) is 0 Å². The van der Waals surface area contributed by atoms with Crippen LogP contribution in [0.25, 0.3) is 0 Å². The molecule has 1 heterocycles. The second kappa shape index (κ2) is 7.91. The van der Waals surface area contributed by atoms with Crippen LogP contribution >= 0.6 is 0 Å². The van der Waals surface area contributed by atoms with Crippen molar-refractivity contribution < 1.29 is 0 Å². The third-order valence-corrected chi connectivity index (χ3v) is 3.95. The molecule has 0 spiro atoms. The molecule has 0 saturated carbocycles. The smallest absolute Gasteiger partial charge is 0.0309 e. The zero-order chi connectivity index (χ0) is 15.1. The normalized spacial score (nSPS) is 12.6. The van der Waals surface area contributed by atoms with Gasteiger partial charge in [0.05, 0.1) is 0 Å². The van der Waals surface area contributed by atoms with Crippen molar-refractivity contribution in [2.75, 3.05) is 13.1 Å². The van der Waals surface area contributed by atoms with Crippen LogP contribution in [-0.2, 0) is 6.54 Å². The highest BCUT2D eigenvalue weighted by molar-refractivity contribution is 5.28. The van der Waals surface area contributed by atoms with Gasteiger partial charge in [-0.15, -0.1) is 0 Å². The van der Waals surface area contributed by atoms with E-state index in [2.05, 4.69) is 60.1 Å². The number of aromatic nitrogens is 1. The van der Waals surface area contributed by atoms with Gasteiger partial charge in [-0.05, 0) is 48.7 Å². The highest BCUT2D eigenvalue weighted by Gasteiger charge is 2.11. The van der Waals surface area contributed by atoms with Crippen molar-refractivity contribution in [3.05, 3.63) is 65.5 Å². The van der Waals surface area contributed by atoms with E-state index in [0.717, 1.165) is 26.1 Å². The lowest BCUT2D eigenvalue weighted by Gasteiger charge is -2.23. The van der Waals surface area contributed by atoms with Gasteiger partial charge < -0.3 is 5.73 Å². The first-order valence-corrected chi connectivity index (χ1v) is 7.63. The topological polar surface area (TPSA) is 42.1 Å². The first-order chi connectivity index (χ1) is 10.2. The molecule has 0 fully saturated rings. The van der Waals surface area contributed by atoms with E-state index >= 15 is 0 Å². The van der Waals surface area contributed by atoms with Crippen LogP contribution in [0.4, 0.5) is 0 Å². The SMILES string of the molecule is CCN(CCC(N)c1ccccc1C)Cc1ccncc1. The van der Waals surface area contributed by atoms with E-state index in [9.17, 15) is 0 Å². The van der Waals surface area contributed by atoms with Gasteiger partial charge in [0, 0.05) is 31.5 Å². The molecule has 1 atom stereocenters. The fourth-order valence-corrected chi connectivity index (χ4v) is 2.58. The summed E-state index contributed by atoms with van der Waals surface area (Å²) in [5.74, 6) is 0. The van der Waals surface area contributed by atoms with Crippen molar-refractivity contribution in [1.29, 1.82) is 0 Å². The molecule has 21 heavy (non-hydrogen) atoms. The van der Waals surface area contributed by atoms with Crippen LogP contribution in [0.5, 0.6) is 0 Å². The Balaban J connectivity index is 1.90. The molecule has 1 unspecified atom stereocenters. The van der Waals surface area contributed by atoms with Gasteiger partial charge in [-0.25, -0.2) is 0 Å². The summed E-state index contributed by atoms with van der Waals surface area (Å²) in [6.07, 6.45) is 4.67. The fourth-order valence-electron chi connectivity index (χ4n) is 2.58. The number of hydrogen-bond acceptors (Lipinski definition) is 3. The quantitative estimate of drug-likeness (QED) is 0.847. The van der Waals surface area contributed by atoms with Gasteiger partial charge in [-0.1, -0.05) is 31.2 Å². The van der Waals surface area contributed by atoms with Gasteiger partial charge in [0.2, 0.25) is 0 Å². The molecule has 0 aliphatic heterocycles. The Morgan fingerprint density at radius 1 is 1.14 bits per heavy atom. The van der Waals surface area contributed by atoms with Gasteiger partial charge in [-0.2, -0.15) is 0 Å². The maximum atomic E-state index is 6.36. The first-order valence-electron chi connectivity index (χ1n) is 7.63. The summed E-state index contributed by atoms with van der Waals surface area (Å²) in [6.45, 7) is 7.32. The lowest BCUT2D eigenvalue weighted by Crippen LogP contribution is -2.27. The maximum Gasteiger partial charge on any atom is 0.0309 e. The summed E-state index contributed by atoms with van der Waals surface area (Å²) in [4.78, 5) is 6.49.